The highest BCUT2D eigenvalue weighted by Gasteiger charge is 2.36. The number of carbonyl (C=O) groups is 2. The van der Waals surface area contributed by atoms with Gasteiger partial charge in [0.1, 0.15) is 11.9 Å². The van der Waals surface area contributed by atoms with E-state index in [4.69, 9.17) is 5.11 Å². The van der Waals surface area contributed by atoms with E-state index in [0.717, 1.165) is 0 Å². The van der Waals surface area contributed by atoms with E-state index in [1.807, 2.05) is 12.2 Å². The maximum Gasteiger partial charge on any atom is 0.417 e. The fourth-order valence-corrected chi connectivity index (χ4v) is 1.85. The predicted octanol–water partition coefficient (Wildman–Crippen LogP) is 3.22. The van der Waals surface area contributed by atoms with Gasteiger partial charge in [-0.1, -0.05) is 19.8 Å². The Balaban J connectivity index is 3.04. The molecule has 0 fully saturated rings. The Morgan fingerprint density at radius 2 is 1.95 bits per heavy atom. The van der Waals surface area contributed by atoms with Crippen LogP contribution in [0.4, 0.5) is 17.6 Å². The molecule has 1 aromatic rings. The van der Waals surface area contributed by atoms with Crippen molar-refractivity contribution in [3.05, 3.63) is 35.1 Å². The fraction of sp³-hybridized carbons (Fsp3) is 0.429. The molecule has 0 heterocycles. The molecule has 4 nitrogen and oxygen atoms in total. The number of halogens is 4. The van der Waals surface area contributed by atoms with E-state index in [2.05, 4.69) is 0 Å². The van der Waals surface area contributed by atoms with Gasteiger partial charge >= 0.3 is 12.1 Å². The summed E-state index contributed by atoms with van der Waals surface area (Å²) in [6.07, 6.45) is -3.66. The van der Waals surface area contributed by atoms with Gasteiger partial charge in [-0.2, -0.15) is 13.2 Å². The summed E-state index contributed by atoms with van der Waals surface area (Å²) in [6, 6.07) is 0.313. The molecular formula is C14H15F4NO3. The van der Waals surface area contributed by atoms with Crippen molar-refractivity contribution in [2.24, 2.45) is 0 Å². The van der Waals surface area contributed by atoms with Crippen molar-refractivity contribution >= 4 is 11.9 Å². The number of alkyl halides is 3. The zero-order valence-electron chi connectivity index (χ0n) is 11.7. The van der Waals surface area contributed by atoms with Crippen LogP contribution >= 0.6 is 0 Å². The van der Waals surface area contributed by atoms with Crippen molar-refractivity contribution in [3.8, 4) is 0 Å². The monoisotopic (exact) mass is 321 g/mol. The van der Waals surface area contributed by atoms with Crippen LogP contribution in [0.1, 0.15) is 42.1 Å². The summed E-state index contributed by atoms with van der Waals surface area (Å²) in [5.41, 5.74) is -2.25. The van der Waals surface area contributed by atoms with Gasteiger partial charge in [0.2, 0.25) is 0 Å². The molecule has 2 N–H and O–H groups in total. The number of aliphatic carboxylic acids is 1. The molecule has 0 bridgehead atoms. The van der Waals surface area contributed by atoms with Crippen molar-refractivity contribution in [2.75, 3.05) is 0 Å². The first-order chi connectivity index (χ1) is 10.2. The minimum absolute atomic E-state index is 0.0973. The normalized spacial score (nSPS) is 12.8. The van der Waals surface area contributed by atoms with Gasteiger partial charge in [-0.25, -0.2) is 9.18 Å². The topological polar surface area (TPSA) is 66.4 Å². The van der Waals surface area contributed by atoms with Crippen LogP contribution in [0.15, 0.2) is 18.2 Å². The van der Waals surface area contributed by atoms with Crippen molar-refractivity contribution < 1.29 is 32.3 Å². The van der Waals surface area contributed by atoms with Crippen LogP contribution < -0.4 is 5.32 Å². The molecule has 1 unspecified atom stereocenters. The number of nitrogens with one attached hydrogen (secondary N) is 1. The molecule has 8 heteroatoms. The SMILES string of the molecule is CCCCC(NC(=O)c1ccc(F)cc1C(F)(F)F)C(=O)O. The average Bonchev–Trinajstić information content (AvgIpc) is 2.41. The largest absolute Gasteiger partial charge is 0.480 e. The Hall–Kier alpha value is -2.12. The Kier molecular flexibility index (Phi) is 5.90. The molecule has 0 aliphatic carbocycles. The molecule has 1 aromatic carbocycles. The zero-order valence-corrected chi connectivity index (χ0v) is 11.7. The Bertz CT molecular complexity index is 558. The number of rotatable bonds is 6. The summed E-state index contributed by atoms with van der Waals surface area (Å²) >= 11 is 0. The first-order valence-electron chi connectivity index (χ1n) is 6.57. The lowest BCUT2D eigenvalue weighted by Gasteiger charge is -2.17. The highest BCUT2D eigenvalue weighted by atomic mass is 19.4. The van der Waals surface area contributed by atoms with E-state index < -0.39 is 41.0 Å². The second kappa shape index (κ2) is 7.24. The van der Waals surface area contributed by atoms with E-state index in [1.165, 1.54) is 0 Å². The number of amides is 1. The number of benzene rings is 1. The summed E-state index contributed by atoms with van der Waals surface area (Å²) in [6.45, 7) is 1.81. The van der Waals surface area contributed by atoms with Gasteiger partial charge in [0.05, 0.1) is 11.1 Å². The van der Waals surface area contributed by atoms with Gasteiger partial charge in [0.15, 0.2) is 0 Å². The van der Waals surface area contributed by atoms with E-state index >= 15 is 0 Å². The third-order valence-electron chi connectivity index (χ3n) is 2.98. The molecule has 1 amide bonds. The second-order valence-corrected chi connectivity index (χ2v) is 4.69. The van der Waals surface area contributed by atoms with Crippen molar-refractivity contribution in [1.29, 1.82) is 0 Å². The molecule has 22 heavy (non-hydrogen) atoms. The molecule has 0 aliphatic heterocycles. The van der Waals surface area contributed by atoms with Crippen molar-refractivity contribution in [1.82, 2.24) is 5.32 Å². The molecule has 0 radical (unpaired) electrons. The first-order valence-corrected chi connectivity index (χ1v) is 6.57. The van der Waals surface area contributed by atoms with Gasteiger partial charge in [-0.15, -0.1) is 0 Å². The van der Waals surface area contributed by atoms with E-state index in [0.29, 0.717) is 25.0 Å². The fourth-order valence-electron chi connectivity index (χ4n) is 1.85. The predicted molar refractivity (Wildman–Crippen MR) is 69.8 cm³/mol. The zero-order chi connectivity index (χ0) is 16.9. The second-order valence-electron chi connectivity index (χ2n) is 4.69. The van der Waals surface area contributed by atoms with Gasteiger partial charge in [-0.05, 0) is 24.6 Å². The lowest BCUT2D eigenvalue weighted by atomic mass is 10.0. The average molecular weight is 321 g/mol. The van der Waals surface area contributed by atoms with Gasteiger partial charge in [0.25, 0.3) is 5.91 Å². The minimum Gasteiger partial charge on any atom is -0.480 e. The van der Waals surface area contributed by atoms with Crippen LogP contribution in [0.5, 0.6) is 0 Å². The highest BCUT2D eigenvalue weighted by Crippen LogP contribution is 2.32. The van der Waals surface area contributed by atoms with Crippen LogP contribution in [0.3, 0.4) is 0 Å². The standard InChI is InChI=1S/C14H15F4NO3/c1-2-3-4-11(13(21)22)19-12(20)9-6-5-8(15)7-10(9)14(16,17)18/h5-7,11H,2-4H2,1H3,(H,19,20)(H,21,22). The molecule has 0 saturated carbocycles. The molecule has 1 atom stereocenters. The van der Waals surface area contributed by atoms with E-state index in [9.17, 15) is 27.2 Å². The highest BCUT2D eigenvalue weighted by molar-refractivity contribution is 5.98. The third kappa shape index (κ3) is 4.71. The number of carbonyl (C=O) groups excluding carboxylic acids is 1. The third-order valence-corrected chi connectivity index (χ3v) is 2.98. The van der Waals surface area contributed by atoms with Crippen LogP contribution in [-0.2, 0) is 11.0 Å². The van der Waals surface area contributed by atoms with Gasteiger partial charge < -0.3 is 10.4 Å². The Morgan fingerprint density at radius 3 is 2.45 bits per heavy atom. The number of hydrogen-bond acceptors (Lipinski definition) is 2. The summed E-state index contributed by atoms with van der Waals surface area (Å²) in [7, 11) is 0. The Labute approximate surface area is 124 Å². The Morgan fingerprint density at radius 1 is 1.32 bits per heavy atom. The molecule has 0 saturated heterocycles. The van der Waals surface area contributed by atoms with Crippen LogP contribution in [0, 0.1) is 5.82 Å². The van der Waals surface area contributed by atoms with Crippen LogP contribution in [0.25, 0.3) is 0 Å². The van der Waals surface area contributed by atoms with Gasteiger partial charge in [-0.3, -0.25) is 4.79 Å². The summed E-state index contributed by atoms with van der Waals surface area (Å²) < 4.78 is 51.4. The van der Waals surface area contributed by atoms with Crippen LogP contribution in [0.2, 0.25) is 0 Å². The number of hydrogen-bond donors (Lipinski definition) is 2. The molecule has 0 aromatic heterocycles. The maximum atomic E-state index is 13.0. The molecular weight excluding hydrogens is 306 g/mol. The number of unbranched alkanes of at least 4 members (excludes halogenated alkanes) is 1. The quantitative estimate of drug-likeness (QED) is 0.791. The summed E-state index contributed by atoms with van der Waals surface area (Å²) in [5.74, 6) is -3.67. The molecule has 0 spiro atoms. The lowest BCUT2D eigenvalue weighted by molar-refractivity contribution is -0.139. The molecule has 122 valence electrons. The summed E-state index contributed by atoms with van der Waals surface area (Å²) in [4.78, 5) is 22.9. The van der Waals surface area contributed by atoms with Crippen LogP contribution in [-0.4, -0.2) is 23.0 Å². The van der Waals surface area contributed by atoms with E-state index in [-0.39, 0.29) is 12.5 Å². The first kappa shape index (κ1) is 17.9. The number of carboxylic acids is 1. The lowest BCUT2D eigenvalue weighted by Crippen LogP contribution is -2.41. The van der Waals surface area contributed by atoms with Crippen molar-refractivity contribution in [3.63, 3.8) is 0 Å². The number of carboxylic acid groups (broad SMARTS) is 1. The summed E-state index contributed by atoms with van der Waals surface area (Å²) in [5, 5.41) is 11.0. The van der Waals surface area contributed by atoms with Crippen molar-refractivity contribution in [2.45, 2.75) is 38.4 Å². The smallest absolute Gasteiger partial charge is 0.417 e. The minimum atomic E-state index is -4.92. The molecule has 1 rings (SSSR count). The van der Waals surface area contributed by atoms with Gasteiger partial charge in [0, 0.05) is 0 Å². The maximum absolute atomic E-state index is 13.0. The molecule has 0 aliphatic rings. The van der Waals surface area contributed by atoms with E-state index in [1.54, 1.807) is 0 Å².